The zero-order valence-electron chi connectivity index (χ0n) is 21.0. The van der Waals surface area contributed by atoms with Crippen molar-refractivity contribution in [1.82, 2.24) is 14.9 Å². The number of likely N-dealkylation sites (N-methyl/N-ethyl adjacent to an activating group) is 1. The van der Waals surface area contributed by atoms with Crippen LogP contribution in [0.5, 0.6) is 11.5 Å². The molecule has 0 radical (unpaired) electrons. The van der Waals surface area contributed by atoms with E-state index in [-0.39, 0.29) is 13.2 Å². The molecule has 12 heteroatoms. The summed E-state index contributed by atoms with van der Waals surface area (Å²) in [6.45, 7) is 3.73. The van der Waals surface area contributed by atoms with Crippen LogP contribution in [0.1, 0.15) is 0 Å². The number of fused-ring (bicyclic) bond motifs is 2. The molecule has 3 aliphatic rings. The zero-order chi connectivity index (χ0) is 26.4. The molecule has 2 aromatic carbocycles. The quantitative estimate of drug-likeness (QED) is 0.471. The van der Waals surface area contributed by atoms with Gasteiger partial charge in [0.25, 0.3) is 0 Å². The van der Waals surface area contributed by atoms with E-state index in [1.807, 2.05) is 12.1 Å². The highest BCUT2D eigenvalue weighted by molar-refractivity contribution is 6.44. The van der Waals surface area contributed by atoms with Gasteiger partial charge >= 0.3 is 0 Å². The summed E-state index contributed by atoms with van der Waals surface area (Å²) in [6.07, 6.45) is -1.18. The number of methoxy groups -OCH3 is 1. The van der Waals surface area contributed by atoms with Crippen LogP contribution in [0, 0.1) is 0 Å². The number of rotatable bonds is 6. The Kier molecular flexibility index (Phi) is 7.09. The van der Waals surface area contributed by atoms with Gasteiger partial charge in [0.1, 0.15) is 24.4 Å². The molecule has 4 heterocycles. The molecular weight excluding hydrogens is 536 g/mol. The molecule has 3 aromatic rings. The zero-order valence-corrected chi connectivity index (χ0v) is 22.5. The van der Waals surface area contributed by atoms with Crippen molar-refractivity contribution in [2.45, 2.75) is 24.5 Å². The molecule has 0 saturated carbocycles. The lowest BCUT2D eigenvalue weighted by Gasteiger charge is -2.35. The van der Waals surface area contributed by atoms with E-state index in [0.29, 0.717) is 32.9 Å². The Morgan fingerprint density at radius 2 is 1.82 bits per heavy atom. The number of nitrogens with one attached hydrogen (secondary N) is 1. The Labute approximate surface area is 229 Å². The maximum absolute atomic E-state index is 14.0. The van der Waals surface area contributed by atoms with E-state index in [2.05, 4.69) is 32.1 Å². The second-order valence-electron chi connectivity index (χ2n) is 9.68. The Hall–Kier alpha value is -2.63. The lowest BCUT2D eigenvalue weighted by molar-refractivity contribution is 0.0271. The number of anilines is 3. The lowest BCUT2D eigenvalue weighted by Crippen LogP contribution is -2.44. The fourth-order valence-electron chi connectivity index (χ4n) is 5.20. The average Bonchev–Trinajstić information content (AvgIpc) is 3.49. The van der Waals surface area contributed by atoms with Gasteiger partial charge in [-0.05, 0) is 25.2 Å². The number of benzene rings is 2. The monoisotopic (exact) mass is 563 g/mol. The molecule has 0 bridgehead atoms. The van der Waals surface area contributed by atoms with E-state index in [4.69, 9.17) is 42.1 Å². The number of nitrogens with zero attached hydrogens (tertiary/aromatic N) is 4. The molecule has 38 heavy (non-hydrogen) atoms. The minimum atomic E-state index is -1.15. The van der Waals surface area contributed by atoms with Gasteiger partial charge < -0.3 is 34.1 Å². The number of hydrogen-bond acceptors (Lipinski definition) is 9. The summed E-state index contributed by atoms with van der Waals surface area (Å²) in [5.41, 5.74) is 2.27. The summed E-state index contributed by atoms with van der Waals surface area (Å²) in [6, 6.07) is 7.28. The molecular formula is C26H28Cl2FN5O4. The third kappa shape index (κ3) is 4.69. The van der Waals surface area contributed by atoms with E-state index in [9.17, 15) is 4.39 Å². The third-order valence-electron chi connectivity index (χ3n) is 7.29. The number of piperazine rings is 1. The van der Waals surface area contributed by atoms with Gasteiger partial charge in [-0.2, -0.15) is 0 Å². The van der Waals surface area contributed by atoms with Crippen LogP contribution >= 0.6 is 23.2 Å². The molecule has 6 rings (SSSR count). The van der Waals surface area contributed by atoms with Crippen LogP contribution in [-0.2, 0) is 9.47 Å². The Balaban J connectivity index is 1.32. The van der Waals surface area contributed by atoms with Crippen LogP contribution in [0.4, 0.5) is 21.6 Å². The second-order valence-corrected chi connectivity index (χ2v) is 10.5. The smallest absolute Gasteiger partial charge is 0.164 e. The Bertz CT molecular complexity index is 1340. The minimum Gasteiger partial charge on any atom is -0.493 e. The van der Waals surface area contributed by atoms with Crippen molar-refractivity contribution in [2.75, 3.05) is 63.8 Å². The molecule has 1 N–H and O–H groups in total. The predicted octanol–water partition coefficient (Wildman–Crippen LogP) is 4.32. The van der Waals surface area contributed by atoms with Gasteiger partial charge in [-0.25, -0.2) is 14.4 Å². The first-order valence-corrected chi connectivity index (χ1v) is 13.2. The van der Waals surface area contributed by atoms with E-state index in [0.717, 1.165) is 42.9 Å². The highest BCUT2D eigenvalue weighted by Gasteiger charge is 2.49. The molecule has 9 nitrogen and oxygen atoms in total. The minimum absolute atomic E-state index is 0.0110. The first kappa shape index (κ1) is 25.6. The Morgan fingerprint density at radius 1 is 1.03 bits per heavy atom. The van der Waals surface area contributed by atoms with Gasteiger partial charge in [-0.15, -0.1) is 0 Å². The van der Waals surface area contributed by atoms with Crippen molar-refractivity contribution >= 4 is 51.3 Å². The van der Waals surface area contributed by atoms with E-state index in [1.54, 1.807) is 19.2 Å². The third-order valence-corrected chi connectivity index (χ3v) is 8.08. The standard InChI is InChI=1S/C26H28Cl2FN5O4/c1-33-5-7-34(8-6-33)23-17(4-3-15(27)22(23)28)32-26-14-9-19(35-2)20(10-18(14)30-13-31-26)38-21-12-37-24-16(29)11-36-25(21)24/h3-4,9-10,13,16,21,24-25H,5-8,11-12H2,1-2H3,(H,30,31,32)/t16-,21-,24+,25+/m1/s1. The molecule has 0 unspecified atom stereocenters. The number of hydrogen-bond donors (Lipinski definition) is 1. The average molecular weight is 564 g/mol. The maximum atomic E-state index is 14.0. The van der Waals surface area contributed by atoms with Crippen molar-refractivity contribution in [3.05, 3.63) is 40.6 Å². The molecule has 0 spiro atoms. The summed E-state index contributed by atoms with van der Waals surface area (Å²) < 4.78 is 37.0. The van der Waals surface area contributed by atoms with Crippen molar-refractivity contribution < 1.29 is 23.3 Å². The largest absolute Gasteiger partial charge is 0.493 e. The van der Waals surface area contributed by atoms with Gasteiger partial charge in [0.15, 0.2) is 23.8 Å². The second kappa shape index (κ2) is 10.5. The van der Waals surface area contributed by atoms with Gasteiger partial charge in [0.2, 0.25) is 0 Å². The maximum Gasteiger partial charge on any atom is 0.164 e. The van der Waals surface area contributed by atoms with E-state index < -0.39 is 24.5 Å². The summed E-state index contributed by atoms with van der Waals surface area (Å²) in [7, 11) is 3.66. The van der Waals surface area contributed by atoms with Crippen LogP contribution in [-0.4, -0.2) is 92.9 Å². The van der Waals surface area contributed by atoms with Gasteiger partial charge in [0.05, 0.1) is 47.3 Å². The molecule has 0 aliphatic carbocycles. The molecule has 202 valence electrons. The molecule has 0 amide bonds. The van der Waals surface area contributed by atoms with Crippen molar-refractivity contribution in [3.8, 4) is 11.5 Å². The van der Waals surface area contributed by atoms with E-state index in [1.165, 1.54) is 6.33 Å². The molecule has 3 saturated heterocycles. The summed E-state index contributed by atoms with van der Waals surface area (Å²) in [5, 5.41) is 5.16. The van der Waals surface area contributed by atoms with E-state index >= 15 is 0 Å². The summed E-state index contributed by atoms with van der Waals surface area (Å²) >= 11 is 13.1. The van der Waals surface area contributed by atoms with Crippen LogP contribution in [0.25, 0.3) is 10.9 Å². The van der Waals surface area contributed by atoms with Crippen LogP contribution < -0.4 is 19.7 Å². The molecule has 3 fully saturated rings. The number of ether oxygens (including phenoxy) is 4. The number of alkyl halides is 1. The van der Waals surface area contributed by atoms with Gasteiger partial charge in [0, 0.05) is 37.6 Å². The first-order chi connectivity index (χ1) is 18.4. The van der Waals surface area contributed by atoms with Crippen LogP contribution in [0.3, 0.4) is 0 Å². The number of halogens is 3. The Morgan fingerprint density at radius 3 is 2.61 bits per heavy atom. The van der Waals surface area contributed by atoms with Gasteiger partial charge in [-0.1, -0.05) is 23.2 Å². The van der Waals surface area contributed by atoms with Gasteiger partial charge in [-0.3, -0.25) is 0 Å². The molecule has 4 atom stereocenters. The molecule has 3 aliphatic heterocycles. The SMILES string of the molecule is COc1cc2c(Nc3ccc(Cl)c(Cl)c3N3CCN(C)CC3)ncnc2cc1O[C@@H]1CO[C@@H]2[C@H]1OC[C@H]2F. The van der Waals surface area contributed by atoms with Crippen molar-refractivity contribution in [1.29, 1.82) is 0 Å². The number of aromatic nitrogens is 2. The lowest BCUT2D eigenvalue weighted by atomic mass is 10.1. The predicted molar refractivity (Wildman–Crippen MR) is 144 cm³/mol. The summed E-state index contributed by atoms with van der Waals surface area (Å²) in [5.74, 6) is 1.54. The van der Waals surface area contributed by atoms with Crippen LogP contribution in [0.2, 0.25) is 10.0 Å². The highest BCUT2D eigenvalue weighted by atomic mass is 35.5. The fourth-order valence-corrected chi connectivity index (χ4v) is 5.64. The fraction of sp³-hybridized carbons (Fsp3) is 0.462. The van der Waals surface area contributed by atoms with Crippen LogP contribution in [0.15, 0.2) is 30.6 Å². The molecule has 1 aromatic heterocycles. The summed E-state index contributed by atoms with van der Waals surface area (Å²) in [4.78, 5) is 13.5. The first-order valence-electron chi connectivity index (χ1n) is 12.5. The van der Waals surface area contributed by atoms with Crippen molar-refractivity contribution in [3.63, 3.8) is 0 Å². The normalized spacial score (nSPS) is 25.6. The highest BCUT2D eigenvalue weighted by Crippen LogP contribution is 2.42. The van der Waals surface area contributed by atoms with Crippen molar-refractivity contribution in [2.24, 2.45) is 0 Å². The topological polar surface area (TPSA) is 81.2 Å².